The van der Waals surface area contributed by atoms with Crippen LogP contribution in [0.15, 0.2) is 23.3 Å². The molecule has 6 nitrogen and oxygen atoms in total. The van der Waals surface area contributed by atoms with Crippen LogP contribution in [0.3, 0.4) is 0 Å². The van der Waals surface area contributed by atoms with Gasteiger partial charge in [0.1, 0.15) is 18.4 Å². The van der Waals surface area contributed by atoms with Gasteiger partial charge in [0.15, 0.2) is 0 Å². The average Bonchev–Trinajstić information content (AvgIpc) is 2.96. The van der Waals surface area contributed by atoms with E-state index in [1.807, 2.05) is 26.0 Å². The van der Waals surface area contributed by atoms with Gasteiger partial charge in [-0.1, -0.05) is 6.92 Å². The Morgan fingerprint density at radius 1 is 1.38 bits per heavy atom. The Morgan fingerprint density at radius 2 is 2.19 bits per heavy atom. The van der Waals surface area contributed by atoms with E-state index in [1.54, 1.807) is 22.1 Å². The quantitative estimate of drug-likeness (QED) is 0.795. The van der Waals surface area contributed by atoms with Gasteiger partial charge >= 0.3 is 0 Å². The number of carbonyl (C=O) groups is 1. The van der Waals surface area contributed by atoms with E-state index >= 15 is 0 Å². The zero-order valence-electron chi connectivity index (χ0n) is 11.9. The van der Waals surface area contributed by atoms with Crippen molar-refractivity contribution in [3.05, 3.63) is 33.7 Å². The summed E-state index contributed by atoms with van der Waals surface area (Å²) in [5.41, 5.74) is 1.29. The third kappa shape index (κ3) is 2.44. The van der Waals surface area contributed by atoms with Gasteiger partial charge in [0.25, 0.3) is 5.56 Å². The fraction of sp³-hybridized carbons (Fsp3) is 0.357. The molecule has 0 aliphatic heterocycles. The Hall–Kier alpha value is -2.15. The number of thiophene rings is 1. The molecule has 0 atom stereocenters. The summed E-state index contributed by atoms with van der Waals surface area (Å²) in [6, 6.07) is 3.89. The second kappa shape index (κ2) is 5.33. The summed E-state index contributed by atoms with van der Waals surface area (Å²) in [6.45, 7) is 4.57. The van der Waals surface area contributed by atoms with Crippen molar-refractivity contribution in [2.24, 2.45) is 0 Å². The predicted octanol–water partition coefficient (Wildman–Crippen LogP) is 1.55. The maximum atomic E-state index is 12.4. The monoisotopic (exact) mass is 304 g/mol. The third-order valence-electron chi connectivity index (χ3n) is 3.28. The lowest BCUT2D eigenvalue weighted by Gasteiger charge is -2.06. The minimum Gasteiger partial charge on any atom is -0.355 e. The zero-order chi connectivity index (χ0) is 15.0. The summed E-state index contributed by atoms with van der Waals surface area (Å²) in [5, 5.41) is 6.84. The molecule has 0 saturated carbocycles. The lowest BCUT2D eigenvalue weighted by atomic mass is 10.4. The van der Waals surface area contributed by atoms with Crippen LogP contribution >= 0.6 is 11.3 Å². The molecular formula is C14H16N4O2S. The normalized spacial score (nSPS) is 11.3. The first-order valence-corrected chi connectivity index (χ1v) is 7.66. The van der Waals surface area contributed by atoms with Crippen LogP contribution in [0.1, 0.15) is 18.2 Å². The molecule has 0 radical (unpaired) electrons. The van der Waals surface area contributed by atoms with Crippen molar-refractivity contribution in [2.45, 2.75) is 26.8 Å². The van der Waals surface area contributed by atoms with Gasteiger partial charge in [-0.05, 0) is 25.5 Å². The molecule has 1 amide bonds. The lowest BCUT2D eigenvalue weighted by molar-refractivity contribution is -0.121. The number of amides is 1. The van der Waals surface area contributed by atoms with Crippen LogP contribution < -0.4 is 10.9 Å². The second-order valence-corrected chi connectivity index (χ2v) is 6.24. The summed E-state index contributed by atoms with van der Waals surface area (Å²) in [4.78, 5) is 25.3. The summed E-state index contributed by atoms with van der Waals surface area (Å²) >= 11 is 1.64. The highest BCUT2D eigenvalue weighted by atomic mass is 32.1. The number of nitrogens with one attached hydrogen (secondary N) is 1. The third-order valence-corrected chi connectivity index (χ3v) is 4.26. The molecule has 0 bridgehead atoms. The van der Waals surface area contributed by atoms with E-state index in [4.69, 9.17) is 0 Å². The summed E-state index contributed by atoms with van der Waals surface area (Å²) in [6.07, 6.45) is 2.46. The van der Waals surface area contributed by atoms with Gasteiger partial charge in [-0.25, -0.2) is 4.68 Å². The molecule has 0 fully saturated rings. The first kappa shape index (κ1) is 13.8. The highest BCUT2D eigenvalue weighted by molar-refractivity contribution is 7.19. The van der Waals surface area contributed by atoms with Crippen LogP contribution in [0.5, 0.6) is 0 Å². The number of nitrogens with zero attached hydrogens (tertiary/aromatic N) is 3. The number of carbonyl (C=O) groups excluding carboxylic acids is 1. The molecule has 7 heteroatoms. The Bertz CT molecular complexity index is 874. The highest BCUT2D eigenvalue weighted by Crippen LogP contribution is 2.26. The topological polar surface area (TPSA) is 68.4 Å². The summed E-state index contributed by atoms with van der Waals surface area (Å²) in [7, 11) is 0. The van der Waals surface area contributed by atoms with Crippen LogP contribution in [0.25, 0.3) is 15.7 Å². The van der Waals surface area contributed by atoms with Crippen LogP contribution in [0.2, 0.25) is 0 Å². The Kier molecular flexibility index (Phi) is 3.50. The Morgan fingerprint density at radius 3 is 2.95 bits per heavy atom. The van der Waals surface area contributed by atoms with E-state index < -0.39 is 0 Å². The SMILES string of the molecule is CCCNC(=O)Cn1ncn2c(cc3sc(C)cc32)c1=O. The fourth-order valence-corrected chi connectivity index (χ4v) is 3.24. The molecule has 1 N–H and O–H groups in total. The summed E-state index contributed by atoms with van der Waals surface area (Å²) in [5.74, 6) is -0.194. The smallest absolute Gasteiger partial charge is 0.291 e. The molecule has 3 rings (SSSR count). The van der Waals surface area contributed by atoms with Gasteiger partial charge in [0, 0.05) is 11.4 Å². The van der Waals surface area contributed by atoms with Crippen molar-refractivity contribution in [3.63, 3.8) is 0 Å². The van der Waals surface area contributed by atoms with Gasteiger partial charge in [0.2, 0.25) is 5.91 Å². The maximum absolute atomic E-state index is 12.4. The number of aromatic nitrogens is 3. The van der Waals surface area contributed by atoms with Crippen molar-refractivity contribution in [3.8, 4) is 0 Å². The van der Waals surface area contributed by atoms with E-state index in [0.717, 1.165) is 16.6 Å². The molecule has 21 heavy (non-hydrogen) atoms. The molecule has 3 aromatic heterocycles. The summed E-state index contributed by atoms with van der Waals surface area (Å²) < 4.78 is 4.04. The number of hydrogen-bond donors (Lipinski definition) is 1. The van der Waals surface area contributed by atoms with Gasteiger partial charge in [0.05, 0.1) is 10.2 Å². The van der Waals surface area contributed by atoms with E-state index in [0.29, 0.717) is 12.1 Å². The number of aryl methyl sites for hydroxylation is 1. The lowest BCUT2D eigenvalue weighted by Crippen LogP contribution is -2.34. The molecule has 3 heterocycles. The first-order valence-electron chi connectivity index (χ1n) is 6.84. The molecule has 0 aliphatic carbocycles. The zero-order valence-corrected chi connectivity index (χ0v) is 12.7. The molecule has 110 valence electrons. The van der Waals surface area contributed by atoms with Crippen LogP contribution in [-0.4, -0.2) is 26.6 Å². The average molecular weight is 304 g/mol. The van der Waals surface area contributed by atoms with Crippen molar-refractivity contribution in [2.75, 3.05) is 6.54 Å². The van der Waals surface area contributed by atoms with Crippen molar-refractivity contribution >= 4 is 33.0 Å². The number of rotatable bonds is 4. The molecule has 0 spiro atoms. The standard InChI is InChI=1S/C14H16N4O2S/c1-3-4-15-13(19)7-18-14(20)11-6-12-10(5-9(2)21-12)17(11)8-16-18/h5-6,8H,3-4,7H2,1-2H3,(H,15,19). The van der Waals surface area contributed by atoms with E-state index in [2.05, 4.69) is 10.4 Å². The maximum Gasteiger partial charge on any atom is 0.291 e. The number of fused-ring (bicyclic) bond motifs is 3. The first-order chi connectivity index (χ1) is 10.1. The second-order valence-electron chi connectivity index (χ2n) is 4.95. The molecule has 0 aromatic carbocycles. The van der Waals surface area contributed by atoms with Crippen LogP contribution in [-0.2, 0) is 11.3 Å². The minimum absolute atomic E-state index is 0.0484. The van der Waals surface area contributed by atoms with Crippen molar-refractivity contribution < 1.29 is 4.79 Å². The molecule has 0 aliphatic rings. The fourth-order valence-electron chi connectivity index (χ4n) is 2.29. The van der Waals surface area contributed by atoms with E-state index in [1.165, 1.54) is 9.56 Å². The van der Waals surface area contributed by atoms with Gasteiger partial charge in [-0.2, -0.15) is 5.10 Å². The minimum atomic E-state index is -0.245. The van der Waals surface area contributed by atoms with Crippen molar-refractivity contribution in [1.82, 2.24) is 19.5 Å². The van der Waals surface area contributed by atoms with Gasteiger partial charge < -0.3 is 5.32 Å². The molecular weight excluding hydrogens is 288 g/mol. The van der Waals surface area contributed by atoms with Crippen LogP contribution in [0, 0.1) is 6.92 Å². The Labute approximate surface area is 125 Å². The van der Waals surface area contributed by atoms with Gasteiger partial charge in [-0.3, -0.25) is 14.0 Å². The molecule has 3 aromatic rings. The van der Waals surface area contributed by atoms with E-state index in [9.17, 15) is 9.59 Å². The van der Waals surface area contributed by atoms with Gasteiger partial charge in [-0.15, -0.1) is 11.3 Å². The predicted molar refractivity (Wildman–Crippen MR) is 82.9 cm³/mol. The molecule has 0 saturated heterocycles. The van der Waals surface area contributed by atoms with Crippen LogP contribution in [0.4, 0.5) is 0 Å². The largest absolute Gasteiger partial charge is 0.355 e. The molecule has 0 unspecified atom stereocenters. The van der Waals surface area contributed by atoms with Crippen molar-refractivity contribution in [1.29, 1.82) is 0 Å². The Balaban J connectivity index is 2.00. The van der Waals surface area contributed by atoms with E-state index in [-0.39, 0.29) is 18.0 Å². The highest BCUT2D eigenvalue weighted by Gasteiger charge is 2.12. The number of hydrogen-bond acceptors (Lipinski definition) is 4.